The van der Waals surface area contributed by atoms with Crippen LogP contribution in [0.2, 0.25) is 0 Å². The monoisotopic (exact) mass is 335 g/mol. The first-order valence-corrected chi connectivity index (χ1v) is 8.18. The van der Waals surface area contributed by atoms with Crippen molar-refractivity contribution in [3.8, 4) is 0 Å². The van der Waals surface area contributed by atoms with Gasteiger partial charge >= 0.3 is 0 Å². The average Bonchev–Trinajstić information content (AvgIpc) is 2.91. The molecule has 4 nitrogen and oxygen atoms in total. The first-order valence-electron chi connectivity index (χ1n) is 7.41. The predicted molar refractivity (Wildman–Crippen MR) is 93.2 cm³/mol. The third-order valence-electron chi connectivity index (χ3n) is 3.39. The Morgan fingerprint density at radius 3 is 2.48 bits per heavy atom. The number of nitrogens with one attached hydrogen (secondary N) is 1. The van der Waals surface area contributed by atoms with E-state index in [2.05, 4.69) is 28.5 Å². The summed E-state index contributed by atoms with van der Waals surface area (Å²) in [6.45, 7) is 8.22. The molecular formula is C17H22FN3OS. The van der Waals surface area contributed by atoms with Crippen LogP contribution in [0.3, 0.4) is 0 Å². The summed E-state index contributed by atoms with van der Waals surface area (Å²) in [4.78, 5) is 4.36. The molecule has 124 valence electrons. The zero-order valence-corrected chi connectivity index (χ0v) is 14.6. The zero-order valence-electron chi connectivity index (χ0n) is 13.8. The smallest absolute Gasteiger partial charge is 0.202 e. The van der Waals surface area contributed by atoms with E-state index in [9.17, 15) is 9.50 Å². The standard InChI is InChI=1S/C17H22FN3OS/c1-16(2,12-5-7-13(18)8-6-12)11-19-15-20-14(21-23-15)9-10-17(3,4)22/h5-10,22H,11H2,1-4H3,(H,19,20,21)/b10-9+. The van der Waals surface area contributed by atoms with Crippen molar-refractivity contribution in [1.29, 1.82) is 0 Å². The lowest BCUT2D eigenvalue weighted by molar-refractivity contribution is 0.134. The molecule has 0 saturated carbocycles. The van der Waals surface area contributed by atoms with Crippen molar-refractivity contribution in [3.63, 3.8) is 0 Å². The van der Waals surface area contributed by atoms with E-state index >= 15 is 0 Å². The molecule has 0 radical (unpaired) electrons. The molecule has 23 heavy (non-hydrogen) atoms. The molecule has 0 spiro atoms. The van der Waals surface area contributed by atoms with Crippen LogP contribution in [0.15, 0.2) is 30.3 Å². The highest BCUT2D eigenvalue weighted by atomic mass is 32.1. The van der Waals surface area contributed by atoms with Crippen LogP contribution in [0.25, 0.3) is 6.08 Å². The van der Waals surface area contributed by atoms with Gasteiger partial charge in [0.25, 0.3) is 0 Å². The van der Waals surface area contributed by atoms with Gasteiger partial charge in [-0.2, -0.15) is 9.36 Å². The third kappa shape index (κ3) is 5.41. The Hall–Kier alpha value is -1.79. The molecule has 2 rings (SSSR count). The molecule has 0 atom stereocenters. The predicted octanol–water partition coefficient (Wildman–Crippen LogP) is 3.85. The van der Waals surface area contributed by atoms with Crippen LogP contribution in [0.1, 0.15) is 39.1 Å². The average molecular weight is 335 g/mol. The molecule has 1 aromatic carbocycles. The third-order valence-corrected chi connectivity index (χ3v) is 4.08. The van der Waals surface area contributed by atoms with E-state index in [1.54, 1.807) is 38.1 Å². The van der Waals surface area contributed by atoms with Gasteiger partial charge in [0.1, 0.15) is 5.82 Å². The van der Waals surface area contributed by atoms with Crippen molar-refractivity contribution in [3.05, 3.63) is 47.5 Å². The van der Waals surface area contributed by atoms with Gasteiger partial charge in [0.2, 0.25) is 5.13 Å². The summed E-state index contributed by atoms with van der Waals surface area (Å²) in [5.74, 6) is 0.337. The number of benzene rings is 1. The molecule has 0 amide bonds. The fourth-order valence-corrected chi connectivity index (χ4v) is 2.51. The molecule has 1 heterocycles. The van der Waals surface area contributed by atoms with Gasteiger partial charge in [-0.15, -0.1) is 0 Å². The van der Waals surface area contributed by atoms with Crippen LogP contribution in [0, 0.1) is 5.82 Å². The van der Waals surface area contributed by atoms with Crippen molar-refractivity contribution in [2.45, 2.75) is 38.7 Å². The molecule has 2 aromatic rings. The van der Waals surface area contributed by atoms with Gasteiger partial charge in [-0.05, 0) is 43.7 Å². The van der Waals surface area contributed by atoms with Crippen molar-refractivity contribution in [2.24, 2.45) is 0 Å². The summed E-state index contributed by atoms with van der Waals surface area (Å²) < 4.78 is 17.3. The minimum absolute atomic E-state index is 0.164. The van der Waals surface area contributed by atoms with Gasteiger partial charge in [0.15, 0.2) is 5.82 Å². The Bertz CT molecular complexity index is 672. The van der Waals surface area contributed by atoms with Crippen LogP contribution in [-0.4, -0.2) is 26.6 Å². The molecule has 0 aliphatic carbocycles. The Balaban J connectivity index is 1.99. The molecule has 6 heteroatoms. The van der Waals surface area contributed by atoms with Crippen molar-refractivity contribution in [1.82, 2.24) is 9.36 Å². The van der Waals surface area contributed by atoms with Crippen molar-refractivity contribution in [2.75, 3.05) is 11.9 Å². The van der Waals surface area contributed by atoms with E-state index in [1.165, 1.54) is 23.7 Å². The second-order valence-corrected chi connectivity index (χ2v) is 7.44. The van der Waals surface area contributed by atoms with Crippen LogP contribution >= 0.6 is 11.5 Å². The highest BCUT2D eigenvalue weighted by Crippen LogP contribution is 2.24. The van der Waals surface area contributed by atoms with Gasteiger partial charge in [0.05, 0.1) is 5.60 Å². The maximum absolute atomic E-state index is 13.0. The van der Waals surface area contributed by atoms with Crippen molar-refractivity contribution < 1.29 is 9.50 Å². The summed E-state index contributed by atoms with van der Waals surface area (Å²) in [6.07, 6.45) is 3.36. The SMILES string of the molecule is CC(C)(O)/C=C/c1nsc(NCC(C)(C)c2ccc(F)cc2)n1. The van der Waals surface area contributed by atoms with Crippen LogP contribution in [0.5, 0.6) is 0 Å². The Morgan fingerprint density at radius 2 is 1.87 bits per heavy atom. The summed E-state index contributed by atoms with van der Waals surface area (Å²) in [5.41, 5.74) is 0.00409. The largest absolute Gasteiger partial charge is 0.386 e. The molecule has 0 aliphatic rings. The molecule has 0 fully saturated rings. The lowest BCUT2D eigenvalue weighted by Crippen LogP contribution is -2.27. The molecule has 0 saturated heterocycles. The number of hydrogen-bond donors (Lipinski definition) is 2. The first kappa shape index (κ1) is 17.6. The number of anilines is 1. The Morgan fingerprint density at radius 1 is 1.22 bits per heavy atom. The second-order valence-electron chi connectivity index (χ2n) is 6.69. The van der Waals surface area contributed by atoms with Gasteiger partial charge in [-0.25, -0.2) is 4.39 Å². The van der Waals surface area contributed by atoms with Crippen LogP contribution < -0.4 is 5.32 Å². The molecule has 0 aliphatic heterocycles. The number of rotatable bonds is 6. The summed E-state index contributed by atoms with van der Waals surface area (Å²) >= 11 is 1.27. The Labute approximate surface area is 140 Å². The van der Waals surface area contributed by atoms with Crippen LogP contribution in [0.4, 0.5) is 9.52 Å². The van der Waals surface area contributed by atoms with E-state index in [0.717, 1.165) is 10.7 Å². The molecule has 1 aromatic heterocycles. The van der Waals surface area contributed by atoms with Crippen molar-refractivity contribution >= 4 is 22.7 Å². The zero-order chi connectivity index (χ0) is 17.1. The molecule has 0 unspecified atom stereocenters. The van der Waals surface area contributed by atoms with Gasteiger partial charge in [-0.1, -0.05) is 26.0 Å². The Kier molecular flexibility index (Phi) is 5.16. The number of aliphatic hydroxyl groups is 1. The summed E-state index contributed by atoms with van der Waals surface area (Å²) in [5, 5.41) is 13.6. The second kappa shape index (κ2) is 6.76. The minimum Gasteiger partial charge on any atom is -0.386 e. The quantitative estimate of drug-likeness (QED) is 0.842. The number of halogens is 1. The summed E-state index contributed by atoms with van der Waals surface area (Å²) in [6, 6.07) is 6.55. The number of aromatic nitrogens is 2. The summed E-state index contributed by atoms with van der Waals surface area (Å²) in [7, 11) is 0. The lowest BCUT2D eigenvalue weighted by atomic mass is 9.85. The van der Waals surface area contributed by atoms with E-state index < -0.39 is 5.60 Å². The van der Waals surface area contributed by atoms with E-state index in [1.807, 2.05) is 0 Å². The maximum atomic E-state index is 13.0. The topological polar surface area (TPSA) is 58.0 Å². The van der Waals surface area contributed by atoms with Gasteiger partial charge in [0, 0.05) is 23.5 Å². The fourth-order valence-electron chi connectivity index (χ4n) is 1.95. The van der Waals surface area contributed by atoms with Gasteiger partial charge in [-0.3, -0.25) is 0 Å². The highest BCUT2D eigenvalue weighted by molar-refractivity contribution is 7.09. The van der Waals surface area contributed by atoms with E-state index in [4.69, 9.17) is 0 Å². The van der Waals surface area contributed by atoms with Crippen LogP contribution in [-0.2, 0) is 5.41 Å². The normalized spacial score (nSPS) is 12.8. The number of hydrogen-bond acceptors (Lipinski definition) is 5. The molecule has 2 N–H and O–H groups in total. The van der Waals surface area contributed by atoms with E-state index in [-0.39, 0.29) is 11.2 Å². The highest BCUT2D eigenvalue weighted by Gasteiger charge is 2.21. The molecular weight excluding hydrogens is 313 g/mol. The van der Waals surface area contributed by atoms with Gasteiger partial charge < -0.3 is 10.4 Å². The number of nitrogens with zero attached hydrogens (tertiary/aromatic N) is 2. The lowest BCUT2D eigenvalue weighted by Gasteiger charge is -2.25. The first-order chi connectivity index (χ1) is 10.7. The molecule has 0 bridgehead atoms. The van der Waals surface area contributed by atoms with E-state index in [0.29, 0.717) is 12.4 Å². The fraction of sp³-hybridized carbons (Fsp3) is 0.412. The maximum Gasteiger partial charge on any atom is 0.202 e. The minimum atomic E-state index is -0.885.